The molecule has 2 aliphatic rings. The number of allylic oxidation sites excluding steroid dienone is 2. The van der Waals surface area contributed by atoms with Crippen LogP contribution < -0.4 is 5.32 Å². The van der Waals surface area contributed by atoms with E-state index in [1.165, 1.54) is 34.4 Å². The Labute approximate surface area is 210 Å². The van der Waals surface area contributed by atoms with Crippen molar-refractivity contribution in [3.8, 4) is 0 Å². The normalized spacial score (nSPS) is 16.4. The average molecular weight is 516 g/mol. The van der Waals surface area contributed by atoms with E-state index in [0.717, 1.165) is 22.1 Å². The molecular formula is C25H24F3N5O2S. The second kappa shape index (κ2) is 10.5. The lowest BCUT2D eigenvalue weighted by Crippen LogP contribution is -2.34. The van der Waals surface area contributed by atoms with E-state index in [-0.39, 0.29) is 24.6 Å². The van der Waals surface area contributed by atoms with E-state index in [2.05, 4.69) is 22.0 Å². The van der Waals surface area contributed by atoms with Gasteiger partial charge in [-0.15, -0.1) is 11.3 Å². The summed E-state index contributed by atoms with van der Waals surface area (Å²) in [5, 5.41) is 2.83. The van der Waals surface area contributed by atoms with Crippen molar-refractivity contribution in [2.24, 2.45) is 4.99 Å². The van der Waals surface area contributed by atoms with E-state index in [9.17, 15) is 22.8 Å². The number of halogens is 3. The lowest BCUT2D eigenvalue weighted by atomic mass is 10.1. The van der Waals surface area contributed by atoms with Gasteiger partial charge in [0.15, 0.2) is 0 Å². The number of benzene rings is 1. The maximum atomic E-state index is 13.3. The molecule has 0 unspecified atom stereocenters. The smallest absolute Gasteiger partial charge is 0.348 e. The van der Waals surface area contributed by atoms with E-state index in [0.29, 0.717) is 31.0 Å². The first-order valence-corrected chi connectivity index (χ1v) is 12.0. The third-order valence-electron chi connectivity index (χ3n) is 6.01. The average Bonchev–Trinajstić information content (AvgIpc) is 3.59. The van der Waals surface area contributed by atoms with Crippen molar-refractivity contribution in [1.82, 2.24) is 20.1 Å². The van der Waals surface area contributed by atoms with Crippen molar-refractivity contribution < 1.29 is 22.8 Å². The van der Waals surface area contributed by atoms with Crippen LogP contribution in [0, 0.1) is 0 Å². The van der Waals surface area contributed by atoms with Gasteiger partial charge in [-0.3, -0.25) is 14.6 Å². The third kappa shape index (κ3) is 5.56. The van der Waals surface area contributed by atoms with Crippen LogP contribution in [0.25, 0.3) is 0 Å². The van der Waals surface area contributed by atoms with Crippen LogP contribution in [-0.4, -0.2) is 59.5 Å². The number of hydrogen-bond acceptors (Lipinski definition) is 6. The van der Waals surface area contributed by atoms with Gasteiger partial charge < -0.3 is 15.1 Å². The van der Waals surface area contributed by atoms with Gasteiger partial charge in [0, 0.05) is 42.8 Å². The first kappa shape index (κ1) is 25.4. The summed E-state index contributed by atoms with van der Waals surface area (Å²) in [6.07, 6.45) is 0.476. The Balaban J connectivity index is 1.36. The van der Waals surface area contributed by atoms with Gasteiger partial charge in [-0.1, -0.05) is 18.2 Å². The number of thiazole rings is 1. The number of nitrogens with one attached hydrogen (secondary N) is 1. The first-order valence-electron chi connectivity index (χ1n) is 11.1. The lowest BCUT2D eigenvalue weighted by molar-refractivity contribution is -0.138. The topological polar surface area (TPSA) is 77.9 Å². The number of alkyl halides is 3. The molecule has 1 aromatic carbocycles. The first-order chi connectivity index (χ1) is 17.2. The highest BCUT2D eigenvalue weighted by Gasteiger charge is 2.38. The van der Waals surface area contributed by atoms with E-state index in [1.54, 1.807) is 30.8 Å². The summed E-state index contributed by atoms with van der Waals surface area (Å²) in [5.74, 6) is -0.276. The van der Waals surface area contributed by atoms with Crippen molar-refractivity contribution in [2.75, 3.05) is 26.2 Å². The standard InChI is InChI=1S/C25H24F3N5O2S/c1-16(23(34)31-10-19-9-30-15-36-19)7-8-22(29-2)32-11-17-13-33(14-18(17)12-32)24(35)20-5-3-4-6-21(20)25(26,27)28/h3-9,15H,2,10-14H2,1H3,(H,31,34)/b16-7+,22-8+. The molecule has 2 amide bonds. The Bertz CT molecular complexity index is 1250. The molecule has 1 N–H and O–H groups in total. The van der Waals surface area contributed by atoms with Crippen molar-refractivity contribution in [3.05, 3.63) is 86.7 Å². The quantitative estimate of drug-likeness (QED) is 0.261. The molecule has 0 aliphatic carbocycles. The van der Waals surface area contributed by atoms with Crippen LogP contribution in [0.5, 0.6) is 0 Å². The van der Waals surface area contributed by atoms with Crippen LogP contribution in [-0.2, 0) is 17.5 Å². The van der Waals surface area contributed by atoms with E-state index in [1.807, 2.05) is 4.90 Å². The summed E-state index contributed by atoms with van der Waals surface area (Å²) in [6.45, 7) is 7.20. The number of hydrogen-bond donors (Lipinski definition) is 1. The number of carbonyl (C=O) groups excluding carboxylic acids is 2. The van der Waals surface area contributed by atoms with Gasteiger partial charge in [-0.2, -0.15) is 13.2 Å². The second-order valence-electron chi connectivity index (χ2n) is 8.45. The minimum Gasteiger partial charge on any atom is -0.348 e. The van der Waals surface area contributed by atoms with Crippen LogP contribution in [0.15, 0.2) is 75.7 Å². The van der Waals surface area contributed by atoms with E-state index < -0.39 is 17.6 Å². The fraction of sp³-hybridized carbons (Fsp3) is 0.280. The predicted molar refractivity (Wildman–Crippen MR) is 131 cm³/mol. The molecule has 1 aromatic heterocycles. The third-order valence-corrected chi connectivity index (χ3v) is 6.79. The zero-order valence-electron chi connectivity index (χ0n) is 19.5. The highest BCUT2D eigenvalue weighted by atomic mass is 32.1. The molecule has 7 nitrogen and oxygen atoms in total. The van der Waals surface area contributed by atoms with Gasteiger partial charge in [-0.05, 0) is 43.0 Å². The largest absolute Gasteiger partial charge is 0.417 e. The van der Waals surface area contributed by atoms with Gasteiger partial charge >= 0.3 is 6.18 Å². The van der Waals surface area contributed by atoms with Crippen LogP contribution in [0.1, 0.15) is 27.7 Å². The zero-order valence-corrected chi connectivity index (χ0v) is 20.3. The molecule has 188 valence electrons. The Hall–Kier alpha value is -3.73. The van der Waals surface area contributed by atoms with E-state index >= 15 is 0 Å². The molecule has 0 saturated carbocycles. The lowest BCUT2D eigenvalue weighted by Gasteiger charge is -2.25. The van der Waals surface area contributed by atoms with Crippen molar-refractivity contribution in [1.29, 1.82) is 0 Å². The van der Waals surface area contributed by atoms with Gasteiger partial charge in [0.2, 0.25) is 5.91 Å². The fourth-order valence-corrected chi connectivity index (χ4v) is 4.68. The maximum absolute atomic E-state index is 13.3. The van der Waals surface area contributed by atoms with Crippen LogP contribution >= 0.6 is 11.3 Å². The summed E-state index contributed by atoms with van der Waals surface area (Å²) < 4.78 is 40.0. The summed E-state index contributed by atoms with van der Waals surface area (Å²) in [5.41, 5.74) is 2.89. The van der Waals surface area contributed by atoms with Gasteiger partial charge in [0.25, 0.3) is 5.91 Å². The Morgan fingerprint density at radius 3 is 2.42 bits per heavy atom. The number of nitrogens with zero attached hydrogens (tertiary/aromatic N) is 4. The predicted octanol–water partition coefficient (Wildman–Crippen LogP) is 4.03. The Morgan fingerprint density at radius 1 is 1.14 bits per heavy atom. The molecule has 11 heteroatoms. The second-order valence-corrected chi connectivity index (χ2v) is 9.42. The Morgan fingerprint density at radius 2 is 1.81 bits per heavy atom. The van der Waals surface area contributed by atoms with Crippen LogP contribution in [0.4, 0.5) is 13.2 Å². The zero-order chi connectivity index (χ0) is 25.9. The summed E-state index contributed by atoms with van der Waals surface area (Å²) >= 11 is 1.46. The highest BCUT2D eigenvalue weighted by molar-refractivity contribution is 7.09. The molecule has 2 aliphatic heterocycles. The SMILES string of the molecule is C=N/C(=C\C=C(/C)C(=O)NCc1cncs1)N1CC2=C(CN(C(=O)c3ccccc3C(F)(F)F)C2)C1. The van der Waals surface area contributed by atoms with Gasteiger partial charge in [0.1, 0.15) is 5.82 Å². The van der Waals surface area contributed by atoms with Crippen LogP contribution in [0.2, 0.25) is 0 Å². The summed E-state index contributed by atoms with van der Waals surface area (Å²) in [7, 11) is 0. The number of amides is 2. The molecule has 3 heterocycles. The molecular weight excluding hydrogens is 491 g/mol. The van der Waals surface area contributed by atoms with Crippen molar-refractivity contribution in [2.45, 2.75) is 19.6 Å². The van der Waals surface area contributed by atoms with Gasteiger partial charge in [0.05, 0.1) is 23.2 Å². The van der Waals surface area contributed by atoms with Gasteiger partial charge in [-0.25, -0.2) is 4.99 Å². The Kier molecular flexibility index (Phi) is 7.39. The minimum absolute atomic E-state index is 0.210. The fourth-order valence-electron chi connectivity index (χ4n) is 4.14. The monoisotopic (exact) mass is 515 g/mol. The molecule has 0 bridgehead atoms. The van der Waals surface area contributed by atoms with E-state index in [4.69, 9.17) is 0 Å². The maximum Gasteiger partial charge on any atom is 0.417 e. The molecule has 0 spiro atoms. The minimum atomic E-state index is -4.60. The molecule has 0 saturated heterocycles. The summed E-state index contributed by atoms with van der Waals surface area (Å²) in [4.78, 5) is 37.6. The van der Waals surface area contributed by atoms with Crippen molar-refractivity contribution >= 4 is 29.9 Å². The number of rotatable bonds is 7. The molecule has 2 aromatic rings. The number of aliphatic imine (C=N–C) groups is 1. The molecule has 4 rings (SSSR count). The highest BCUT2D eigenvalue weighted by Crippen LogP contribution is 2.34. The molecule has 36 heavy (non-hydrogen) atoms. The number of carbonyl (C=O) groups is 2. The van der Waals surface area contributed by atoms with Crippen LogP contribution in [0.3, 0.4) is 0 Å². The molecule has 0 radical (unpaired) electrons. The molecule has 0 atom stereocenters. The molecule has 0 fully saturated rings. The summed E-state index contributed by atoms with van der Waals surface area (Å²) in [6, 6.07) is 4.85. The van der Waals surface area contributed by atoms with Crippen molar-refractivity contribution in [3.63, 3.8) is 0 Å². The number of aromatic nitrogens is 1.